The molecule has 0 N–H and O–H groups in total. The van der Waals surface area contributed by atoms with Gasteiger partial charge in [0.05, 0.1) is 13.0 Å². The van der Waals surface area contributed by atoms with Gasteiger partial charge in [0.1, 0.15) is 6.10 Å². The highest BCUT2D eigenvalue weighted by molar-refractivity contribution is 7.11. The zero-order valence-electron chi connectivity index (χ0n) is 11.4. The second-order valence-electron chi connectivity index (χ2n) is 4.97. The number of hydrogen-bond acceptors (Lipinski definition) is 4. The molecule has 6 heteroatoms. The molecule has 2 heterocycles. The first-order valence-electron chi connectivity index (χ1n) is 6.79. The molecule has 1 aliphatic heterocycles. The number of carbonyl (C=O) groups is 1. The summed E-state index contributed by atoms with van der Waals surface area (Å²) in [6, 6.07) is 7.39. The maximum absolute atomic E-state index is 12.3. The van der Waals surface area contributed by atoms with E-state index >= 15 is 0 Å². The maximum Gasteiger partial charge on any atom is 0.273 e. The van der Waals surface area contributed by atoms with Crippen LogP contribution in [-0.4, -0.2) is 35.0 Å². The highest BCUT2D eigenvalue weighted by Gasteiger charge is 2.27. The van der Waals surface area contributed by atoms with E-state index < -0.39 is 0 Å². The molecule has 1 atom stereocenters. The first-order valence-corrected chi connectivity index (χ1v) is 8.05. The minimum absolute atomic E-state index is 0.0466. The minimum Gasteiger partial charge on any atom is -0.465 e. The summed E-state index contributed by atoms with van der Waals surface area (Å²) < 4.78 is 5.76. The Balaban J connectivity index is 1.53. The lowest BCUT2D eigenvalue weighted by atomic mass is 10.1. The lowest BCUT2D eigenvalue weighted by Gasteiger charge is -2.16. The van der Waals surface area contributed by atoms with Crippen LogP contribution in [-0.2, 0) is 11.2 Å². The number of halogens is 1. The second-order valence-corrected chi connectivity index (χ2v) is 6.26. The van der Waals surface area contributed by atoms with E-state index in [0.29, 0.717) is 23.2 Å². The summed E-state index contributed by atoms with van der Waals surface area (Å²) in [5, 5.41) is 3.24. The Morgan fingerprint density at radius 1 is 1.43 bits per heavy atom. The molecule has 1 saturated heterocycles. The van der Waals surface area contributed by atoms with Gasteiger partial charge in [-0.15, -0.1) is 0 Å². The van der Waals surface area contributed by atoms with Crippen molar-refractivity contribution in [2.75, 3.05) is 13.1 Å². The summed E-state index contributed by atoms with van der Waals surface area (Å²) in [4.78, 5) is 18.2. The number of rotatable bonds is 4. The van der Waals surface area contributed by atoms with Crippen molar-refractivity contribution in [1.82, 2.24) is 9.88 Å². The van der Waals surface area contributed by atoms with Gasteiger partial charge < -0.3 is 9.64 Å². The largest absolute Gasteiger partial charge is 0.465 e. The van der Waals surface area contributed by atoms with Crippen molar-refractivity contribution in [3.05, 3.63) is 46.4 Å². The lowest BCUT2D eigenvalue weighted by molar-refractivity contribution is -0.129. The van der Waals surface area contributed by atoms with Gasteiger partial charge in [-0.2, -0.15) is 0 Å². The van der Waals surface area contributed by atoms with Gasteiger partial charge in [-0.3, -0.25) is 4.79 Å². The first kappa shape index (κ1) is 14.4. The molecule has 1 fully saturated rings. The SMILES string of the molecule is O=C(Cc1ccc(Cl)cc1)N1CCC(Oc2nccs2)C1. The summed E-state index contributed by atoms with van der Waals surface area (Å²) in [7, 11) is 0. The molecular formula is C15H15ClN2O2S. The van der Waals surface area contributed by atoms with Gasteiger partial charge in [-0.05, 0) is 17.7 Å². The first-order chi connectivity index (χ1) is 10.2. The summed E-state index contributed by atoms with van der Waals surface area (Å²) in [6.07, 6.45) is 3.02. The van der Waals surface area contributed by atoms with Crippen LogP contribution in [0.1, 0.15) is 12.0 Å². The lowest BCUT2D eigenvalue weighted by Crippen LogP contribution is -2.32. The molecule has 4 nitrogen and oxygen atoms in total. The fourth-order valence-electron chi connectivity index (χ4n) is 2.35. The number of benzene rings is 1. The quantitative estimate of drug-likeness (QED) is 0.869. The van der Waals surface area contributed by atoms with Crippen LogP contribution < -0.4 is 4.74 Å². The predicted octanol–water partition coefficient (Wildman–Crippen LogP) is 3.02. The van der Waals surface area contributed by atoms with Crippen LogP contribution in [0.25, 0.3) is 0 Å². The molecule has 0 saturated carbocycles. The molecular weight excluding hydrogens is 308 g/mol. The van der Waals surface area contributed by atoms with E-state index in [-0.39, 0.29) is 12.0 Å². The maximum atomic E-state index is 12.3. The molecule has 110 valence electrons. The van der Waals surface area contributed by atoms with Crippen molar-refractivity contribution >= 4 is 28.8 Å². The summed E-state index contributed by atoms with van der Waals surface area (Å²) in [6.45, 7) is 1.37. The van der Waals surface area contributed by atoms with Crippen molar-refractivity contribution in [1.29, 1.82) is 0 Å². The third kappa shape index (κ3) is 3.74. The Morgan fingerprint density at radius 2 is 2.24 bits per heavy atom. The fourth-order valence-corrected chi connectivity index (χ4v) is 3.03. The van der Waals surface area contributed by atoms with E-state index in [0.717, 1.165) is 18.5 Å². The van der Waals surface area contributed by atoms with Crippen LogP contribution in [0.2, 0.25) is 5.02 Å². The Kier molecular flexibility index (Phi) is 4.41. The molecule has 21 heavy (non-hydrogen) atoms. The Morgan fingerprint density at radius 3 is 2.95 bits per heavy atom. The Bertz CT molecular complexity index is 601. The molecule has 0 bridgehead atoms. The summed E-state index contributed by atoms with van der Waals surface area (Å²) in [5.74, 6) is 0.127. The smallest absolute Gasteiger partial charge is 0.273 e. The van der Waals surface area contributed by atoms with E-state index in [1.165, 1.54) is 11.3 Å². The Hall–Kier alpha value is -1.59. The van der Waals surface area contributed by atoms with Crippen LogP contribution in [0.15, 0.2) is 35.8 Å². The van der Waals surface area contributed by atoms with E-state index in [4.69, 9.17) is 16.3 Å². The number of carbonyl (C=O) groups excluding carboxylic acids is 1. The molecule has 1 aliphatic rings. The van der Waals surface area contributed by atoms with E-state index in [2.05, 4.69) is 4.98 Å². The molecule has 0 spiro atoms. The average molecular weight is 323 g/mol. The summed E-state index contributed by atoms with van der Waals surface area (Å²) in [5.41, 5.74) is 0.980. The number of nitrogens with zero attached hydrogens (tertiary/aromatic N) is 2. The zero-order chi connectivity index (χ0) is 14.7. The fraction of sp³-hybridized carbons (Fsp3) is 0.333. The van der Waals surface area contributed by atoms with Gasteiger partial charge in [0.2, 0.25) is 5.91 Å². The Labute approximate surface area is 132 Å². The predicted molar refractivity (Wildman–Crippen MR) is 82.9 cm³/mol. The molecule has 0 aliphatic carbocycles. The molecule has 1 unspecified atom stereocenters. The van der Waals surface area contributed by atoms with Gasteiger partial charge in [-0.25, -0.2) is 4.98 Å². The van der Waals surface area contributed by atoms with Crippen LogP contribution in [0.3, 0.4) is 0 Å². The normalized spacial score (nSPS) is 18.0. The highest BCUT2D eigenvalue weighted by atomic mass is 35.5. The third-order valence-electron chi connectivity index (χ3n) is 3.44. The number of ether oxygens (including phenoxy) is 1. The minimum atomic E-state index is 0.0466. The van der Waals surface area contributed by atoms with Crippen molar-refractivity contribution in [3.63, 3.8) is 0 Å². The van der Waals surface area contributed by atoms with Gasteiger partial charge in [0.15, 0.2) is 0 Å². The van der Waals surface area contributed by atoms with Crippen LogP contribution in [0.4, 0.5) is 0 Å². The van der Waals surface area contributed by atoms with Crippen molar-refractivity contribution in [3.8, 4) is 5.19 Å². The van der Waals surface area contributed by atoms with Gasteiger partial charge >= 0.3 is 0 Å². The summed E-state index contributed by atoms with van der Waals surface area (Å²) >= 11 is 7.32. The average Bonchev–Trinajstić information content (AvgIpc) is 3.13. The van der Waals surface area contributed by atoms with E-state index in [1.54, 1.807) is 6.20 Å². The molecule has 1 aromatic carbocycles. The standard InChI is InChI=1S/C15H15ClN2O2S/c16-12-3-1-11(2-4-12)9-14(19)18-7-5-13(10-18)20-15-17-6-8-21-15/h1-4,6,8,13H,5,7,9-10H2. The van der Waals surface area contributed by atoms with Gasteiger partial charge in [0, 0.05) is 29.6 Å². The van der Waals surface area contributed by atoms with Crippen LogP contribution in [0.5, 0.6) is 5.19 Å². The topological polar surface area (TPSA) is 42.4 Å². The zero-order valence-corrected chi connectivity index (χ0v) is 12.9. The third-order valence-corrected chi connectivity index (χ3v) is 4.36. The number of aromatic nitrogens is 1. The van der Waals surface area contributed by atoms with Crippen LogP contribution in [0, 0.1) is 0 Å². The molecule has 1 aromatic heterocycles. The number of thiazole rings is 1. The monoisotopic (exact) mass is 322 g/mol. The van der Waals surface area contributed by atoms with Crippen LogP contribution >= 0.6 is 22.9 Å². The van der Waals surface area contributed by atoms with Crippen molar-refractivity contribution in [2.45, 2.75) is 18.9 Å². The number of amides is 1. The van der Waals surface area contributed by atoms with Gasteiger partial charge in [0.25, 0.3) is 5.19 Å². The number of likely N-dealkylation sites (tertiary alicyclic amines) is 1. The van der Waals surface area contributed by atoms with E-state index in [9.17, 15) is 4.79 Å². The molecule has 0 radical (unpaired) electrons. The van der Waals surface area contributed by atoms with Gasteiger partial charge in [-0.1, -0.05) is 35.1 Å². The second kappa shape index (κ2) is 6.45. The molecule has 2 aromatic rings. The molecule has 1 amide bonds. The van der Waals surface area contributed by atoms with Crippen molar-refractivity contribution in [2.24, 2.45) is 0 Å². The van der Waals surface area contributed by atoms with E-state index in [1.807, 2.05) is 34.5 Å². The van der Waals surface area contributed by atoms with Crippen molar-refractivity contribution < 1.29 is 9.53 Å². The highest BCUT2D eigenvalue weighted by Crippen LogP contribution is 2.21. The molecule has 3 rings (SSSR count). The number of hydrogen-bond donors (Lipinski definition) is 0.